The van der Waals surface area contributed by atoms with Crippen molar-refractivity contribution in [3.8, 4) is 0 Å². The second kappa shape index (κ2) is 7.54. The molecule has 1 aliphatic carbocycles. The van der Waals surface area contributed by atoms with Crippen LogP contribution < -0.4 is 5.56 Å². The number of ketones is 1. The average molecular weight is 437 g/mol. The zero-order valence-corrected chi connectivity index (χ0v) is 17.9. The number of rotatable bonds is 6. The highest BCUT2D eigenvalue weighted by atomic mass is 35.5. The lowest BCUT2D eigenvalue weighted by Crippen LogP contribution is -2.24. The first-order valence-corrected chi connectivity index (χ1v) is 11.5. The van der Waals surface area contributed by atoms with Gasteiger partial charge < -0.3 is 0 Å². The highest BCUT2D eigenvalue weighted by Crippen LogP contribution is 2.35. The number of hydrogen-bond donors (Lipinski definition) is 0. The summed E-state index contributed by atoms with van der Waals surface area (Å²) >= 11 is 10.1. The van der Waals surface area contributed by atoms with Crippen molar-refractivity contribution in [3.05, 3.63) is 54.3 Å². The molecule has 4 nitrogen and oxygen atoms in total. The standard InChI is InChI=1S/C19H17ClN2O2S3/c1-10(2)8-22-18(24)16-11-4-3-5-13(11)27-17(16)21-19(22)25-9-12(23)14-6-7-15(20)26-14/h6-7H,1,3-5,8-9H2,2H3. The summed E-state index contributed by atoms with van der Waals surface area (Å²) in [7, 11) is 0. The number of carbonyl (C=O) groups excluding carboxylic acids is 1. The van der Waals surface area contributed by atoms with Crippen LogP contribution in [0.15, 0.2) is 34.2 Å². The first kappa shape index (κ1) is 18.9. The number of halogens is 1. The van der Waals surface area contributed by atoms with Crippen molar-refractivity contribution in [2.24, 2.45) is 0 Å². The number of hydrogen-bond acceptors (Lipinski definition) is 6. The van der Waals surface area contributed by atoms with Crippen molar-refractivity contribution < 1.29 is 4.79 Å². The van der Waals surface area contributed by atoms with Crippen molar-refractivity contribution in [3.63, 3.8) is 0 Å². The number of thiophene rings is 2. The normalized spacial score (nSPS) is 13.3. The first-order valence-electron chi connectivity index (χ1n) is 8.55. The molecule has 3 heterocycles. The molecule has 3 aromatic rings. The molecule has 3 aromatic heterocycles. The van der Waals surface area contributed by atoms with Gasteiger partial charge in [-0.15, -0.1) is 22.7 Å². The Morgan fingerprint density at radius 1 is 1.37 bits per heavy atom. The molecule has 4 rings (SSSR count). The lowest BCUT2D eigenvalue weighted by molar-refractivity contribution is 0.102. The molecule has 0 aromatic carbocycles. The summed E-state index contributed by atoms with van der Waals surface area (Å²) in [5, 5.41) is 1.33. The summed E-state index contributed by atoms with van der Waals surface area (Å²) in [4.78, 5) is 33.1. The van der Waals surface area contributed by atoms with Gasteiger partial charge in [0.25, 0.3) is 5.56 Å². The zero-order valence-electron chi connectivity index (χ0n) is 14.7. The summed E-state index contributed by atoms with van der Waals surface area (Å²) < 4.78 is 2.25. The second-order valence-corrected chi connectivity index (χ2v) is 10.3. The number of Topliss-reactive ketones (excluding diaryl/α,β-unsaturated/α-hetero) is 1. The summed E-state index contributed by atoms with van der Waals surface area (Å²) in [6, 6.07) is 3.45. The van der Waals surface area contributed by atoms with E-state index in [1.165, 1.54) is 33.5 Å². The smallest absolute Gasteiger partial charge is 0.263 e. The van der Waals surface area contributed by atoms with Crippen LogP contribution in [-0.4, -0.2) is 21.1 Å². The summed E-state index contributed by atoms with van der Waals surface area (Å²) in [5.41, 5.74) is 2.03. The minimum atomic E-state index is -0.0171. The zero-order chi connectivity index (χ0) is 19.1. The Hall–Kier alpha value is -1.41. The number of allylic oxidation sites excluding steroid dienone is 1. The predicted molar refractivity (Wildman–Crippen MR) is 115 cm³/mol. The Kier molecular flexibility index (Phi) is 5.29. The molecular weight excluding hydrogens is 420 g/mol. The molecule has 8 heteroatoms. The number of carbonyl (C=O) groups is 1. The lowest BCUT2D eigenvalue weighted by atomic mass is 10.2. The highest BCUT2D eigenvalue weighted by molar-refractivity contribution is 7.99. The van der Waals surface area contributed by atoms with Crippen LogP contribution in [0.2, 0.25) is 4.34 Å². The maximum absolute atomic E-state index is 13.2. The molecule has 0 saturated heterocycles. The van der Waals surface area contributed by atoms with E-state index in [1.807, 2.05) is 6.92 Å². The monoisotopic (exact) mass is 436 g/mol. The van der Waals surface area contributed by atoms with E-state index < -0.39 is 0 Å². The molecule has 0 amide bonds. The minimum absolute atomic E-state index is 0.0122. The molecule has 0 radical (unpaired) electrons. The van der Waals surface area contributed by atoms with Gasteiger partial charge in [0.05, 0.1) is 20.4 Å². The van der Waals surface area contributed by atoms with E-state index in [-0.39, 0.29) is 17.1 Å². The maximum atomic E-state index is 13.2. The molecule has 27 heavy (non-hydrogen) atoms. The van der Waals surface area contributed by atoms with Crippen molar-refractivity contribution in [2.75, 3.05) is 5.75 Å². The van der Waals surface area contributed by atoms with E-state index >= 15 is 0 Å². The number of nitrogens with zero attached hydrogens (tertiary/aromatic N) is 2. The van der Waals surface area contributed by atoms with Crippen LogP contribution in [0, 0.1) is 0 Å². The molecule has 140 valence electrons. The van der Waals surface area contributed by atoms with Crippen LogP contribution in [-0.2, 0) is 19.4 Å². The van der Waals surface area contributed by atoms with Gasteiger partial charge in [-0.3, -0.25) is 14.2 Å². The van der Waals surface area contributed by atoms with E-state index in [4.69, 9.17) is 16.6 Å². The van der Waals surface area contributed by atoms with E-state index in [0.29, 0.717) is 20.9 Å². The molecule has 0 atom stereocenters. The average Bonchev–Trinajstić information content (AvgIpc) is 3.30. The summed E-state index contributed by atoms with van der Waals surface area (Å²) in [6.07, 6.45) is 3.07. The summed E-state index contributed by atoms with van der Waals surface area (Å²) in [6.45, 7) is 6.25. The fourth-order valence-corrected chi connectivity index (χ4v) is 6.50. The Morgan fingerprint density at radius 3 is 2.89 bits per heavy atom. The number of fused-ring (bicyclic) bond motifs is 3. The lowest BCUT2D eigenvalue weighted by Gasteiger charge is -2.12. The van der Waals surface area contributed by atoms with Gasteiger partial charge in [0.1, 0.15) is 4.83 Å². The van der Waals surface area contributed by atoms with Gasteiger partial charge in [0, 0.05) is 11.4 Å². The third kappa shape index (κ3) is 3.66. The molecular formula is C19H17ClN2O2S3. The van der Waals surface area contributed by atoms with Crippen LogP contribution in [0.1, 0.15) is 33.5 Å². The van der Waals surface area contributed by atoms with Crippen molar-refractivity contribution in [1.82, 2.24) is 9.55 Å². The molecule has 0 spiro atoms. The van der Waals surface area contributed by atoms with Crippen LogP contribution in [0.25, 0.3) is 10.2 Å². The van der Waals surface area contributed by atoms with Crippen LogP contribution >= 0.6 is 46.0 Å². The molecule has 0 aliphatic heterocycles. The van der Waals surface area contributed by atoms with Gasteiger partial charge >= 0.3 is 0 Å². The SMILES string of the molecule is C=C(C)Cn1c(SCC(=O)c2ccc(Cl)s2)nc2sc3c(c2c1=O)CCC3. The van der Waals surface area contributed by atoms with E-state index in [1.54, 1.807) is 28.0 Å². The first-order chi connectivity index (χ1) is 12.9. The third-order valence-corrected chi connectivity index (χ3v) is 7.83. The quantitative estimate of drug-likeness (QED) is 0.230. The maximum Gasteiger partial charge on any atom is 0.263 e. The molecule has 0 N–H and O–H groups in total. The molecule has 1 aliphatic rings. The molecule has 0 saturated carbocycles. The molecule has 0 bridgehead atoms. The largest absolute Gasteiger partial charge is 0.292 e. The van der Waals surface area contributed by atoms with Gasteiger partial charge in [-0.25, -0.2) is 4.98 Å². The fraction of sp³-hybridized carbons (Fsp3) is 0.316. The Bertz CT molecular complexity index is 1130. The van der Waals surface area contributed by atoms with Gasteiger partial charge in [-0.1, -0.05) is 35.5 Å². The van der Waals surface area contributed by atoms with Crippen LogP contribution in [0.5, 0.6) is 0 Å². The van der Waals surface area contributed by atoms with Gasteiger partial charge in [0.2, 0.25) is 0 Å². The number of thioether (sulfide) groups is 1. The second-order valence-electron chi connectivity index (χ2n) is 6.60. The van der Waals surface area contributed by atoms with E-state index in [0.717, 1.165) is 35.1 Å². The Labute approximate surface area is 173 Å². The van der Waals surface area contributed by atoms with Crippen LogP contribution in [0.3, 0.4) is 0 Å². The van der Waals surface area contributed by atoms with Crippen molar-refractivity contribution in [1.29, 1.82) is 0 Å². The van der Waals surface area contributed by atoms with Gasteiger partial charge in [-0.2, -0.15) is 0 Å². The van der Waals surface area contributed by atoms with E-state index in [2.05, 4.69) is 6.58 Å². The molecule has 0 fully saturated rings. The Morgan fingerprint density at radius 2 is 2.19 bits per heavy atom. The van der Waals surface area contributed by atoms with Crippen molar-refractivity contribution in [2.45, 2.75) is 37.9 Å². The Balaban J connectivity index is 1.71. The van der Waals surface area contributed by atoms with Gasteiger partial charge in [-0.05, 0) is 43.9 Å². The number of aryl methyl sites for hydroxylation is 2. The summed E-state index contributed by atoms with van der Waals surface area (Å²) in [5.74, 6) is 0.206. The third-order valence-electron chi connectivity index (χ3n) is 4.40. The molecule has 0 unspecified atom stereocenters. The predicted octanol–water partition coefficient (Wildman–Crippen LogP) is 5.21. The van der Waals surface area contributed by atoms with Crippen molar-refractivity contribution >= 4 is 62.0 Å². The fourth-order valence-electron chi connectivity index (χ4n) is 3.24. The minimum Gasteiger partial charge on any atom is -0.292 e. The van der Waals surface area contributed by atoms with E-state index in [9.17, 15) is 9.59 Å². The number of aromatic nitrogens is 2. The highest BCUT2D eigenvalue weighted by Gasteiger charge is 2.23. The topological polar surface area (TPSA) is 52.0 Å². The van der Waals surface area contributed by atoms with Gasteiger partial charge in [0.15, 0.2) is 10.9 Å². The van der Waals surface area contributed by atoms with Crippen LogP contribution in [0.4, 0.5) is 0 Å².